The van der Waals surface area contributed by atoms with Gasteiger partial charge in [0, 0.05) is 37.2 Å². The van der Waals surface area contributed by atoms with Gasteiger partial charge in [0.15, 0.2) is 23.2 Å². The van der Waals surface area contributed by atoms with Gasteiger partial charge in [0.25, 0.3) is 0 Å². The van der Waals surface area contributed by atoms with Crippen LogP contribution in [0.25, 0.3) is 0 Å². The monoisotopic (exact) mass is 556 g/mol. The highest BCUT2D eigenvalue weighted by atomic mass is 19.1. The van der Waals surface area contributed by atoms with Crippen LogP contribution in [0, 0.1) is 5.41 Å². The molecule has 0 bridgehead atoms. The van der Waals surface area contributed by atoms with Gasteiger partial charge in [-0.1, -0.05) is 12.1 Å². The highest BCUT2D eigenvalue weighted by molar-refractivity contribution is 6.00. The predicted molar refractivity (Wildman–Crippen MR) is 139 cm³/mol. The van der Waals surface area contributed by atoms with Crippen LogP contribution in [0.3, 0.4) is 0 Å². The zero-order chi connectivity index (χ0) is 29.4. The first-order valence-corrected chi connectivity index (χ1v) is 11.8. The summed E-state index contributed by atoms with van der Waals surface area (Å²) >= 11 is 0. The number of halogens is 2. The Bertz CT molecular complexity index is 1510. The molecule has 210 valence electrons. The Morgan fingerprint density at radius 1 is 1.20 bits per heavy atom. The molecule has 2 amide bonds. The minimum atomic E-state index is -2.64. The number of nitrogens with two attached hydrogens (primary N) is 2. The lowest BCUT2D eigenvalue weighted by atomic mass is 9.99. The Morgan fingerprint density at radius 2 is 1.93 bits per heavy atom. The van der Waals surface area contributed by atoms with Crippen molar-refractivity contribution in [2.24, 2.45) is 16.5 Å². The molecule has 0 saturated heterocycles. The third-order valence-electron chi connectivity index (χ3n) is 6.25. The first-order chi connectivity index (χ1) is 18.8. The fourth-order valence-electron chi connectivity index (χ4n) is 4.33. The number of amidine groups is 2. The molecule has 2 heterocycles. The average molecular weight is 557 g/mol. The molecule has 14 heteroatoms. The van der Waals surface area contributed by atoms with Gasteiger partial charge in [0.2, 0.25) is 11.6 Å². The van der Waals surface area contributed by atoms with Gasteiger partial charge in [-0.25, -0.2) is 18.5 Å². The largest absolute Gasteiger partial charge is 0.504 e. The number of urea groups is 1. The number of carboxylic acid groups (broad SMARTS) is 1. The Hall–Kier alpha value is -5.14. The maximum Gasteiger partial charge on any atom is 0.325 e. The van der Waals surface area contributed by atoms with Crippen LogP contribution in [0.5, 0.6) is 17.2 Å². The third-order valence-corrected chi connectivity index (χ3v) is 6.25. The van der Waals surface area contributed by atoms with Crippen LogP contribution in [0.4, 0.5) is 13.6 Å². The molecule has 2 aromatic rings. The van der Waals surface area contributed by atoms with E-state index in [2.05, 4.69) is 4.99 Å². The molecular formula is C26H26F2N6O6. The van der Waals surface area contributed by atoms with Crippen molar-refractivity contribution in [2.75, 3.05) is 20.1 Å². The summed E-state index contributed by atoms with van der Waals surface area (Å²) in [7, 11) is 1.84. The smallest absolute Gasteiger partial charge is 0.325 e. The Balaban J connectivity index is 1.85. The summed E-state index contributed by atoms with van der Waals surface area (Å²) in [5, 5.41) is 27.3. The first-order valence-electron chi connectivity index (χ1n) is 11.8. The van der Waals surface area contributed by atoms with E-state index in [-0.39, 0.29) is 11.3 Å². The number of hydrogen-bond acceptors (Lipinski definition) is 8. The number of nitrogens with zero attached hydrogens (tertiary/aromatic N) is 3. The molecule has 2 aromatic carbocycles. The van der Waals surface area contributed by atoms with E-state index in [1.54, 1.807) is 12.1 Å². The number of primary amides is 1. The van der Waals surface area contributed by atoms with Gasteiger partial charge in [-0.15, -0.1) is 0 Å². The number of phenolic OH excluding ortho intramolecular Hbond substituents is 1. The van der Waals surface area contributed by atoms with Crippen LogP contribution in [-0.2, 0) is 4.79 Å². The van der Waals surface area contributed by atoms with Gasteiger partial charge >= 0.3 is 12.0 Å². The average Bonchev–Trinajstić information content (AvgIpc) is 3.32. The molecule has 2 aliphatic rings. The summed E-state index contributed by atoms with van der Waals surface area (Å²) in [5.74, 6) is -6.31. The fourth-order valence-corrected chi connectivity index (χ4v) is 4.33. The lowest BCUT2D eigenvalue weighted by Crippen LogP contribution is -2.58. The summed E-state index contributed by atoms with van der Waals surface area (Å²) in [6, 6.07) is 8.32. The highest BCUT2D eigenvalue weighted by Gasteiger charge is 2.52. The maximum atomic E-state index is 16.0. The number of hydrogen-bond donors (Lipinski definition) is 5. The number of nitrogens with one attached hydrogen (secondary N) is 1. The summed E-state index contributed by atoms with van der Waals surface area (Å²) < 4.78 is 43.2. The predicted octanol–water partition coefficient (Wildman–Crippen LogP) is 2.77. The van der Waals surface area contributed by atoms with E-state index in [9.17, 15) is 19.8 Å². The second kappa shape index (κ2) is 10.6. The van der Waals surface area contributed by atoms with Crippen LogP contribution < -0.4 is 20.9 Å². The zero-order valence-corrected chi connectivity index (χ0v) is 21.4. The van der Waals surface area contributed by atoms with Crippen molar-refractivity contribution in [1.29, 1.82) is 5.41 Å². The number of nitrogen functional groups attached to an aromatic ring is 1. The highest BCUT2D eigenvalue weighted by Crippen LogP contribution is 2.45. The number of aromatic hydroxyl groups is 1. The van der Waals surface area contributed by atoms with Gasteiger partial charge < -0.3 is 36.1 Å². The number of carboxylic acids is 1. The SMILES string of the molecule is CN1CCN=C1c1cccc(OC2=C(F)C(CC(=O)O)=C(F)C(C)(Oc3cc(C(=N)N)ccc3O)N2C(N)=O)c1. The molecule has 0 saturated carbocycles. The lowest BCUT2D eigenvalue weighted by Gasteiger charge is -2.42. The normalized spacial score (nSPS) is 19.1. The number of benzene rings is 2. The van der Waals surface area contributed by atoms with E-state index in [0.717, 1.165) is 19.1 Å². The van der Waals surface area contributed by atoms with Gasteiger partial charge in [-0.3, -0.25) is 15.2 Å². The molecule has 0 radical (unpaired) electrons. The number of ether oxygens (including phenoxy) is 2. The van der Waals surface area contributed by atoms with Gasteiger partial charge in [0.1, 0.15) is 17.4 Å². The number of carbonyl (C=O) groups is 2. The summed E-state index contributed by atoms with van der Waals surface area (Å²) in [5.41, 5.74) is 8.12. The molecule has 7 N–H and O–H groups in total. The van der Waals surface area contributed by atoms with Gasteiger partial charge in [-0.2, -0.15) is 0 Å². The van der Waals surface area contributed by atoms with E-state index >= 15 is 8.78 Å². The number of phenols is 1. The van der Waals surface area contributed by atoms with Crippen molar-refractivity contribution >= 4 is 23.7 Å². The number of aliphatic carboxylic acids is 1. The zero-order valence-electron chi connectivity index (χ0n) is 21.4. The topological polar surface area (TPSA) is 188 Å². The first kappa shape index (κ1) is 27.9. The number of rotatable bonds is 8. The second-order valence-corrected chi connectivity index (χ2v) is 9.09. The molecule has 0 spiro atoms. The minimum absolute atomic E-state index is 0.00217. The van der Waals surface area contributed by atoms with Crippen molar-refractivity contribution in [3.63, 3.8) is 0 Å². The van der Waals surface area contributed by atoms with Crippen LogP contribution in [0.2, 0.25) is 0 Å². The van der Waals surface area contributed by atoms with Crippen LogP contribution >= 0.6 is 0 Å². The summed E-state index contributed by atoms with van der Waals surface area (Å²) in [6.45, 7) is 2.23. The molecule has 12 nitrogen and oxygen atoms in total. The van der Waals surface area contributed by atoms with E-state index in [1.807, 2.05) is 11.9 Å². The lowest BCUT2D eigenvalue weighted by molar-refractivity contribution is -0.136. The van der Waals surface area contributed by atoms with Crippen molar-refractivity contribution in [2.45, 2.75) is 19.1 Å². The minimum Gasteiger partial charge on any atom is -0.504 e. The number of amides is 2. The van der Waals surface area contributed by atoms with Gasteiger partial charge in [-0.05, 0) is 30.3 Å². The molecule has 2 aliphatic heterocycles. The Kier molecular flexibility index (Phi) is 7.36. The van der Waals surface area contributed by atoms with Crippen molar-refractivity contribution in [1.82, 2.24) is 9.80 Å². The van der Waals surface area contributed by atoms with E-state index in [4.69, 9.17) is 26.4 Å². The molecular weight excluding hydrogens is 530 g/mol. The Labute approximate surface area is 226 Å². The number of aliphatic imine (C=N–C) groups is 1. The molecule has 4 rings (SSSR count). The van der Waals surface area contributed by atoms with Crippen LogP contribution in [-0.4, -0.2) is 69.5 Å². The summed E-state index contributed by atoms with van der Waals surface area (Å²) in [4.78, 5) is 30.9. The van der Waals surface area contributed by atoms with E-state index < -0.39 is 64.6 Å². The van der Waals surface area contributed by atoms with Crippen LogP contribution in [0.1, 0.15) is 24.5 Å². The van der Waals surface area contributed by atoms with Gasteiger partial charge in [0.05, 0.1) is 13.0 Å². The molecule has 0 aliphatic carbocycles. The summed E-state index contributed by atoms with van der Waals surface area (Å²) in [6.07, 6.45) is -1.14. The molecule has 1 unspecified atom stereocenters. The molecule has 0 fully saturated rings. The van der Waals surface area contributed by atoms with Crippen LogP contribution in [0.15, 0.2) is 70.6 Å². The van der Waals surface area contributed by atoms with E-state index in [0.29, 0.717) is 29.4 Å². The standard InChI is InChI=1S/C26H26F2N6O6/c1-26(40-18-11-13(22(29)30)6-7-17(18)35)21(28)16(12-19(36)37)20(27)24(34(26)25(31)38)39-15-5-3-4-14(10-15)23-32-8-9-33(23)2/h3-7,10-11,35H,8-9,12H2,1-2H3,(H3,29,30)(H2,31,38)(H,36,37). The van der Waals surface area contributed by atoms with Crippen molar-refractivity contribution in [3.8, 4) is 17.2 Å². The molecule has 0 aromatic heterocycles. The number of carbonyl (C=O) groups excluding carboxylic acids is 1. The van der Waals surface area contributed by atoms with Crippen molar-refractivity contribution < 1.29 is 38.1 Å². The molecule has 40 heavy (non-hydrogen) atoms. The quantitative estimate of drug-likeness (QED) is 0.242. The second-order valence-electron chi connectivity index (χ2n) is 9.09. The Morgan fingerprint density at radius 3 is 2.52 bits per heavy atom. The molecule has 1 atom stereocenters. The number of allylic oxidation sites excluding steroid dienone is 1. The fraction of sp³-hybridized carbons (Fsp3) is 0.231. The number of likely N-dealkylation sites (N-methyl/N-ethyl adjacent to an activating group) is 1. The van der Waals surface area contributed by atoms with E-state index in [1.165, 1.54) is 18.2 Å². The maximum absolute atomic E-state index is 16.0. The third kappa shape index (κ3) is 5.10. The van der Waals surface area contributed by atoms with Crippen molar-refractivity contribution in [3.05, 3.63) is 76.7 Å².